The van der Waals surface area contributed by atoms with E-state index in [2.05, 4.69) is 19.9 Å². The third-order valence-corrected chi connectivity index (χ3v) is 7.97. The Kier molecular flexibility index (Phi) is 8.45. The molecule has 0 unspecified atom stereocenters. The summed E-state index contributed by atoms with van der Waals surface area (Å²) in [7, 11) is 0. The number of likely N-dealkylation sites (tertiary alicyclic amines) is 1. The number of anilines is 1. The molecule has 1 saturated heterocycles. The van der Waals surface area contributed by atoms with E-state index in [1.807, 2.05) is 36.4 Å². The third kappa shape index (κ3) is 6.77. The average Bonchev–Trinajstić information content (AvgIpc) is 3.26. The van der Waals surface area contributed by atoms with Gasteiger partial charge in [-0.15, -0.1) is 13.2 Å². The van der Waals surface area contributed by atoms with Crippen LogP contribution < -0.4 is 15.0 Å². The van der Waals surface area contributed by atoms with Gasteiger partial charge in [0.1, 0.15) is 5.75 Å². The molecule has 0 saturated carbocycles. The van der Waals surface area contributed by atoms with E-state index in [1.165, 1.54) is 29.3 Å². The minimum atomic E-state index is -4.92. The van der Waals surface area contributed by atoms with Gasteiger partial charge in [-0.1, -0.05) is 47.5 Å². The summed E-state index contributed by atoms with van der Waals surface area (Å²) in [5.41, 5.74) is 1.18. The zero-order valence-electron chi connectivity index (χ0n) is 21.7. The molecule has 1 fully saturated rings. The molecule has 2 aromatic carbocycles. The number of rotatable bonds is 6. The molecule has 41 heavy (non-hydrogen) atoms. The molecular weight excluding hydrogens is 583 g/mol. The largest absolute Gasteiger partial charge is 0.573 e. The van der Waals surface area contributed by atoms with Crippen LogP contribution in [0.4, 0.5) is 28.0 Å². The van der Waals surface area contributed by atoms with Crippen molar-refractivity contribution in [1.82, 2.24) is 15.2 Å². The highest BCUT2D eigenvalue weighted by molar-refractivity contribution is 6.34. The number of hydrogen-bond acceptors (Lipinski definition) is 4. The Morgan fingerprint density at radius 3 is 2.51 bits per heavy atom. The second-order valence-electron chi connectivity index (χ2n) is 10.1. The van der Waals surface area contributed by atoms with Crippen LogP contribution in [0.5, 0.6) is 5.75 Å². The van der Waals surface area contributed by atoms with E-state index >= 15 is 0 Å². The number of aromatic nitrogens is 1. The summed E-state index contributed by atoms with van der Waals surface area (Å²) in [5.74, 6) is -1.05. The standard InChI is InChI=1S/C29H26Cl2F4N4O2/c30-21-5-3-19(4-6-21)2-1-13-38-14-10-28(11-15-38)18-39(27(40)37-17-20-9-12-36-24(32)16-20)26-22(31)7-8-23(25(26)28)41-29(33,34)35/h1-9,12,16H,10-11,13-15,17-18H2,(H,37,40)/b2-1+. The minimum absolute atomic E-state index is 0.00119. The fourth-order valence-corrected chi connectivity index (χ4v) is 5.86. The predicted molar refractivity (Wildman–Crippen MR) is 150 cm³/mol. The van der Waals surface area contributed by atoms with Gasteiger partial charge in [0.15, 0.2) is 0 Å². The lowest BCUT2D eigenvalue weighted by atomic mass is 9.74. The predicted octanol–water partition coefficient (Wildman–Crippen LogP) is 7.20. The van der Waals surface area contributed by atoms with E-state index in [4.69, 9.17) is 23.2 Å². The molecule has 1 N–H and O–H groups in total. The number of nitrogens with zero attached hydrogens (tertiary/aromatic N) is 3. The van der Waals surface area contributed by atoms with Crippen molar-refractivity contribution in [2.24, 2.45) is 0 Å². The number of fused-ring (bicyclic) bond motifs is 2. The summed E-state index contributed by atoms with van der Waals surface area (Å²) in [4.78, 5) is 20.4. The van der Waals surface area contributed by atoms with Crippen molar-refractivity contribution in [2.45, 2.75) is 31.2 Å². The van der Waals surface area contributed by atoms with Gasteiger partial charge in [-0.3, -0.25) is 9.80 Å². The second-order valence-corrected chi connectivity index (χ2v) is 10.9. The molecule has 5 rings (SSSR count). The lowest BCUT2D eigenvalue weighted by Gasteiger charge is -2.40. The number of nitrogens with one attached hydrogen (secondary N) is 1. The zero-order chi connectivity index (χ0) is 29.2. The number of ether oxygens (including phenoxy) is 1. The lowest BCUT2D eigenvalue weighted by molar-refractivity contribution is -0.275. The van der Waals surface area contributed by atoms with Crippen molar-refractivity contribution in [3.63, 3.8) is 0 Å². The van der Waals surface area contributed by atoms with Crippen molar-refractivity contribution in [3.05, 3.63) is 93.5 Å². The van der Waals surface area contributed by atoms with Gasteiger partial charge in [-0.2, -0.15) is 4.39 Å². The Hall–Kier alpha value is -3.34. The first-order valence-electron chi connectivity index (χ1n) is 12.9. The number of urea groups is 1. The van der Waals surface area contributed by atoms with E-state index in [1.54, 1.807) is 6.07 Å². The van der Waals surface area contributed by atoms with Gasteiger partial charge in [0.25, 0.3) is 0 Å². The Morgan fingerprint density at radius 2 is 1.83 bits per heavy atom. The summed E-state index contributed by atoms with van der Waals surface area (Å²) in [6, 6.07) is 12.2. The summed E-state index contributed by atoms with van der Waals surface area (Å²) >= 11 is 12.5. The molecule has 2 amide bonds. The van der Waals surface area contributed by atoms with E-state index in [0.717, 1.165) is 5.56 Å². The number of piperidine rings is 1. The number of benzene rings is 2. The van der Waals surface area contributed by atoms with E-state index < -0.39 is 23.8 Å². The van der Waals surface area contributed by atoms with Gasteiger partial charge < -0.3 is 10.1 Å². The lowest BCUT2D eigenvalue weighted by Crippen LogP contribution is -2.47. The van der Waals surface area contributed by atoms with E-state index in [0.29, 0.717) is 43.1 Å². The van der Waals surface area contributed by atoms with Crippen LogP contribution in [0.15, 0.2) is 60.8 Å². The van der Waals surface area contributed by atoms with Gasteiger partial charge in [0.2, 0.25) is 5.95 Å². The number of alkyl halides is 3. The van der Waals surface area contributed by atoms with Crippen LogP contribution in [0.2, 0.25) is 10.0 Å². The molecule has 0 radical (unpaired) electrons. The highest BCUT2D eigenvalue weighted by Crippen LogP contribution is 2.54. The molecule has 1 spiro atoms. The van der Waals surface area contributed by atoms with Gasteiger partial charge >= 0.3 is 12.4 Å². The molecule has 3 heterocycles. The summed E-state index contributed by atoms with van der Waals surface area (Å²) < 4.78 is 58.2. The molecule has 2 aliphatic rings. The average molecular weight is 609 g/mol. The van der Waals surface area contributed by atoms with Crippen molar-refractivity contribution in [2.75, 3.05) is 31.1 Å². The van der Waals surface area contributed by atoms with Crippen molar-refractivity contribution >= 4 is 41.0 Å². The molecule has 0 bridgehead atoms. The van der Waals surface area contributed by atoms with Crippen molar-refractivity contribution < 1.29 is 27.1 Å². The first-order valence-corrected chi connectivity index (χ1v) is 13.7. The third-order valence-electron chi connectivity index (χ3n) is 7.41. The quantitative estimate of drug-likeness (QED) is 0.237. The number of carbonyl (C=O) groups is 1. The van der Waals surface area contributed by atoms with Crippen LogP contribution in [0, 0.1) is 5.95 Å². The van der Waals surface area contributed by atoms with Gasteiger partial charge in [-0.25, -0.2) is 9.78 Å². The van der Waals surface area contributed by atoms with Crippen LogP contribution in [0.3, 0.4) is 0 Å². The normalized spacial score (nSPS) is 16.8. The first-order chi connectivity index (χ1) is 19.5. The van der Waals surface area contributed by atoms with Crippen LogP contribution >= 0.6 is 23.2 Å². The molecule has 1 aromatic heterocycles. The number of carbonyl (C=O) groups excluding carboxylic acids is 1. The minimum Gasteiger partial charge on any atom is -0.405 e. The molecule has 12 heteroatoms. The molecule has 6 nitrogen and oxygen atoms in total. The highest BCUT2D eigenvalue weighted by Gasteiger charge is 2.50. The van der Waals surface area contributed by atoms with E-state index in [-0.39, 0.29) is 35.1 Å². The van der Waals surface area contributed by atoms with Crippen LogP contribution in [0.25, 0.3) is 6.08 Å². The fraction of sp³-hybridized carbons (Fsp3) is 0.310. The topological polar surface area (TPSA) is 57.7 Å². The zero-order valence-corrected chi connectivity index (χ0v) is 23.2. The molecule has 0 atom stereocenters. The molecule has 216 valence electrons. The maximum absolute atomic E-state index is 13.5. The Balaban J connectivity index is 1.36. The molecule has 2 aliphatic heterocycles. The summed E-state index contributed by atoms with van der Waals surface area (Å²) in [6.45, 7) is 1.97. The second kappa shape index (κ2) is 11.9. The van der Waals surface area contributed by atoms with E-state index in [9.17, 15) is 22.4 Å². The maximum Gasteiger partial charge on any atom is 0.573 e. The van der Waals surface area contributed by atoms with Crippen molar-refractivity contribution in [1.29, 1.82) is 0 Å². The van der Waals surface area contributed by atoms with Crippen LogP contribution in [-0.4, -0.2) is 48.5 Å². The number of halogens is 6. The fourth-order valence-electron chi connectivity index (χ4n) is 5.48. The van der Waals surface area contributed by atoms with Gasteiger partial charge in [-0.05, 0) is 73.5 Å². The van der Waals surface area contributed by atoms with Gasteiger partial charge in [0, 0.05) is 41.8 Å². The summed E-state index contributed by atoms with van der Waals surface area (Å²) in [5, 5.41) is 3.52. The Bertz CT molecular complexity index is 1440. The van der Waals surface area contributed by atoms with Gasteiger partial charge in [0.05, 0.1) is 10.7 Å². The smallest absolute Gasteiger partial charge is 0.405 e. The first kappa shape index (κ1) is 29.2. The Labute approximate surface area is 244 Å². The summed E-state index contributed by atoms with van der Waals surface area (Å²) in [6.07, 6.45) is 1.36. The number of hydrogen-bond donors (Lipinski definition) is 1. The van der Waals surface area contributed by atoms with Crippen molar-refractivity contribution in [3.8, 4) is 5.75 Å². The maximum atomic E-state index is 13.5. The molecule has 0 aliphatic carbocycles. The Morgan fingerprint density at radius 1 is 1.10 bits per heavy atom. The molecule has 3 aromatic rings. The van der Waals surface area contributed by atoms with Crippen LogP contribution in [0.1, 0.15) is 29.5 Å². The highest BCUT2D eigenvalue weighted by atomic mass is 35.5. The molecular formula is C29H26Cl2F4N4O2. The number of amides is 2. The monoisotopic (exact) mass is 608 g/mol. The van der Waals surface area contributed by atoms with Crippen LogP contribution in [-0.2, 0) is 12.0 Å². The number of pyridine rings is 1. The SMILES string of the molecule is O=C(NCc1ccnc(F)c1)N1CC2(CCN(C/C=C/c3ccc(Cl)cc3)CC2)c2c(OC(F)(F)F)ccc(Cl)c21.